The first-order valence-electron chi connectivity index (χ1n) is 15.5. The molecule has 37 heavy (non-hydrogen) atoms. The third-order valence-corrected chi connectivity index (χ3v) is 13.1. The number of carbonyl (C=O) groups excluding carboxylic acids is 1. The number of rotatable bonds is 7. The Hall–Kier alpha value is -0.300. The Bertz CT molecular complexity index is 804. The zero-order valence-corrected chi connectivity index (χ0v) is 24.7. The lowest BCUT2D eigenvalue weighted by Crippen LogP contribution is -2.58. The van der Waals surface area contributed by atoms with Crippen LogP contribution < -0.4 is 0 Å². The molecule has 2 N–H and O–H groups in total. The molecule has 11 unspecified atom stereocenters. The Morgan fingerprint density at radius 2 is 1.70 bits per heavy atom. The van der Waals surface area contributed by atoms with Crippen LogP contribution >= 0.6 is 11.8 Å². The highest BCUT2D eigenvalue weighted by Gasteiger charge is 2.62. The highest BCUT2D eigenvalue weighted by molar-refractivity contribution is 7.99. The Kier molecular flexibility index (Phi) is 8.62. The van der Waals surface area contributed by atoms with Gasteiger partial charge < -0.3 is 14.9 Å². The summed E-state index contributed by atoms with van der Waals surface area (Å²) < 4.78 is 5.81. The van der Waals surface area contributed by atoms with E-state index in [0.29, 0.717) is 41.9 Å². The molecule has 0 bridgehead atoms. The second kappa shape index (κ2) is 11.3. The van der Waals surface area contributed by atoms with E-state index in [1.165, 1.54) is 37.2 Å². The summed E-state index contributed by atoms with van der Waals surface area (Å²) in [6.45, 7) is 12.5. The molecule has 0 aromatic rings. The number of fused-ring (bicyclic) bond motifs is 5. The van der Waals surface area contributed by atoms with Gasteiger partial charge in [0.1, 0.15) is 6.10 Å². The second-order valence-corrected chi connectivity index (χ2v) is 15.4. The van der Waals surface area contributed by atoms with Crippen LogP contribution in [0.25, 0.3) is 0 Å². The van der Waals surface area contributed by atoms with Gasteiger partial charge in [0.15, 0.2) is 0 Å². The van der Waals surface area contributed by atoms with Gasteiger partial charge in [-0.3, -0.25) is 9.69 Å². The van der Waals surface area contributed by atoms with Gasteiger partial charge in [-0.2, -0.15) is 11.8 Å². The lowest BCUT2D eigenvalue weighted by molar-refractivity contribution is -0.174. The van der Waals surface area contributed by atoms with Crippen LogP contribution in [0.4, 0.5) is 0 Å². The first-order valence-corrected chi connectivity index (χ1v) is 16.6. The van der Waals surface area contributed by atoms with Gasteiger partial charge in [0, 0.05) is 37.6 Å². The average Bonchev–Trinajstić information content (AvgIpc) is 3.21. The molecule has 5 aliphatic rings. The van der Waals surface area contributed by atoms with Crippen LogP contribution in [0.5, 0.6) is 0 Å². The molecule has 0 aromatic carbocycles. The third kappa shape index (κ3) is 5.52. The minimum atomic E-state index is -0.220. The fourth-order valence-electron chi connectivity index (χ4n) is 10.2. The van der Waals surface area contributed by atoms with Crippen molar-refractivity contribution in [3.05, 3.63) is 0 Å². The lowest BCUT2D eigenvalue weighted by Gasteiger charge is -2.62. The van der Waals surface area contributed by atoms with Crippen molar-refractivity contribution >= 4 is 17.7 Å². The maximum absolute atomic E-state index is 12.7. The van der Waals surface area contributed by atoms with E-state index in [4.69, 9.17) is 4.74 Å². The van der Waals surface area contributed by atoms with Crippen LogP contribution in [0.1, 0.15) is 91.9 Å². The van der Waals surface area contributed by atoms with Crippen LogP contribution in [-0.4, -0.2) is 70.5 Å². The Labute approximate surface area is 229 Å². The van der Waals surface area contributed by atoms with E-state index in [1.54, 1.807) is 0 Å². The minimum Gasteiger partial charge on any atom is -0.461 e. The van der Waals surface area contributed by atoms with Gasteiger partial charge in [0.2, 0.25) is 0 Å². The molecule has 1 aliphatic heterocycles. The van der Waals surface area contributed by atoms with Crippen molar-refractivity contribution in [2.24, 2.45) is 46.3 Å². The SMILES string of the molecule is CC(CN1CCSCC1)OC(=O)CCC(C)C1CCC2C3C(O)CC4CC(O)CCC4(C)C3CCC12C. The van der Waals surface area contributed by atoms with Crippen molar-refractivity contribution in [3.8, 4) is 0 Å². The third-order valence-electron chi connectivity index (χ3n) is 12.2. The molecule has 1 heterocycles. The molecule has 212 valence electrons. The van der Waals surface area contributed by atoms with Gasteiger partial charge in [0.05, 0.1) is 12.2 Å². The van der Waals surface area contributed by atoms with Gasteiger partial charge >= 0.3 is 5.97 Å². The summed E-state index contributed by atoms with van der Waals surface area (Å²) in [5, 5.41) is 21.8. The summed E-state index contributed by atoms with van der Waals surface area (Å²) in [5.74, 6) is 5.52. The number of aliphatic hydroxyl groups excluding tert-OH is 2. The smallest absolute Gasteiger partial charge is 0.306 e. The van der Waals surface area contributed by atoms with Crippen LogP contribution in [0.3, 0.4) is 0 Å². The molecule has 1 saturated heterocycles. The van der Waals surface area contributed by atoms with Crippen LogP contribution in [0, 0.1) is 46.3 Å². The van der Waals surface area contributed by atoms with Crippen LogP contribution in [0.15, 0.2) is 0 Å². The van der Waals surface area contributed by atoms with Gasteiger partial charge in [-0.1, -0.05) is 20.8 Å². The van der Waals surface area contributed by atoms with Gasteiger partial charge in [-0.25, -0.2) is 0 Å². The van der Waals surface area contributed by atoms with Crippen molar-refractivity contribution in [2.45, 2.75) is 110 Å². The Balaban J connectivity index is 1.16. The monoisotopic (exact) mass is 535 g/mol. The summed E-state index contributed by atoms with van der Waals surface area (Å²) >= 11 is 2.01. The molecule has 0 aromatic heterocycles. The molecule has 4 saturated carbocycles. The summed E-state index contributed by atoms with van der Waals surface area (Å²) in [4.78, 5) is 15.1. The van der Waals surface area contributed by atoms with Crippen molar-refractivity contribution in [3.63, 3.8) is 0 Å². The number of ether oxygens (including phenoxy) is 1. The highest BCUT2D eigenvalue weighted by Crippen LogP contribution is 2.68. The molecule has 6 heteroatoms. The zero-order chi connectivity index (χ0) is 26.4. The normalized spacial score (nSPS) is 45.8. The molecule has 11 atom stereocenters. The molecule has 0 radical (unpaired) electrons. The number of hydrogen-bond donors (Lipinski definition) is 2. The molecular formula is C31H53NO4S. The van der Waals surface area contributed by atoms with Crippen molar-refractivity contribution in [2.75, 3.05) is 31.1 Å². The number of thioether (sulfide) groups is 1. The first-order chi connectivity index (χ1) is 17.6. The van der Waals surface area contributed by atoms with E-state index in [2.05, 4.69) is 25.7 Å². The standard InChI is InChI=1S/C31H53NO4S/c1-20(5-8-28(35)36-21(2)19-32-13-15-37-16-14-32)24-6-7-25-29-26(10-12-31(24,25)4)30(3)11-9-23(33)17-22(30)18-27(29)34/h20-27,29,33-34H,5-19H2,1-4H3. The summed E-state index contributed by atoms with van der Waals surface area (Å²) in [6.07, 6.45) is 9.73. The maximum atomic E-state index is 12.7. The Morgan fingerprint density at radius 3 is 2.46 bits per heavy atom. The fraction of sp³-hybridized carbons (Fsp3) is 0.968. The zero-order valence-electron chi connectivity index (χ0n) is 23.9. The lowest BCUT2D eigenvalue weighted by atomic mass is 9.43. The fourth-order valence-corrected chi connectivity index (χ4v) is 11.2. The molecule has 5 nitrogen and oxygen atoms in total. The van der Waals surface area contributed by atoms with Crippen LogP contribution in [0.2, 0.25) is 0 Å². The number of aliphatic hydroxyl groups is 2. The Morgan fingerprint density at radius 1 is 1.00 bits per heavy atom. The topological polar surface area (TPSA) is 70.0 Å². The van der Waals surface area contributed by atoms with Gasteiger partial charge in [-0.05, 0) is 111 Å². The second-order valence-electron chi connectivity index (χ2n) is 14.2. The quantitative estimate of drug-likeness (QED) is 0.427. The molecule has 5 rings (SSSR count). The van der Waals surface area contributed by atoms with Crippen molar-refractivity contribution in [1.82, 2.24) is 4.90 Å². The average molecular weight is 536 g/mol. The van der Waals surface area contributed by atoms with E-state index >= 15 is 0 Å². The van der Waals surface area contributed by atoms with Crippen LogP contribution in [-0.2, 0) is 9.53 Å². The number of esters is 1. The van der Waals surface area contributed by atoms with E-state index in [0.717, 1.165) is 51.7 Å². The number of carbonyl (C=O) groups is 1. The largest absolute Gasteiger partial charge is 0.461 e. The van der Waals surface area contributed by atoms with Crippen molar-refractivity contribution in [1.29, 1.82) is 0 Å². The highest BCUT2D eigenvalue weighted by atomic mass is 32.2. The molecule has 0 amide bonds. The number of nitrogens with zero attached hydrogens (tertiary/aromatic N) is 1. The van der Waals surface area contributed by atoms with E-state index in [9.17, 15) is 15.0 Å². The summed E-state index contributed by atoms with van der Waals surface area (Å²) in [7, 11) is 0. The van der Waals surface area contributed by atoms with Gasteiger partial charge in [0.25, 0.3) is 0 Å². The van der Waals surface area contributed by atoms with E-state index in [-0.39, 0.29) is 35.1 Å². The predicted molar refractivity (Wildman–Crippen MR) is 150 cm³/mol. The molecule has 0 spiro atoms. The summed E-state index contributed by atoms with van der Waals surface area (Å²) in [6, 6.07) is 0. The van der Waals surface area contributed by atoms with E-state index < -0.39 is 0 Å². The van der Waals surface area contributed by atoms with Gasteiger partial charge in [-0.15, -0.1) is 0 Å². The van der Waals surface area contributed by atoms with E-state index in [1.807, 2.05) is 18.7 Å². The minimum absolute atomic E-state index is 0.0321. The predicted octanol–water partition coefficient (Wildman–Crippen LogP) is 5.37. The summed E-state index contributed by atoms with van der Waals surface area (Å²) in [5.41, 5.74) is 0.546. The molecular weight excluding hydrogens is 482 g/mol. The molecule has 5 fully saturated rings. The molecule has 4 aliphatic carbocycles. The number of hydrogen-bond acceptors (Lipinski definition) is 6. The van der Waals surface area contributed by atoms with Crippen molar-refractivity contribution < 1.29 is 19.7 Å². The first kappa shape index (κ1) is 28.2. The maximum Gasteiger partial charge on any atom is 0.306 e.